The third-order valence-electron chi connectivity index (χ3n) is 4.47. The lowest BCUT2D eigenvalue weighted by atomic mass is 9.89. The predicted octanol–water partition coefficient (Wildman–Crippen LogP) is 1.40. The summed E-state index contributed by atoms with van der Waals surface area (Å²) in [5, 5.41) is 3.62. The van der Waals surface area contributed by atoms with Crippen LogP contribution in [0.1, 0.15) is 39.0 Å². The molecule has 4 heteroatoms. The maximum atomic E-state index is 11.3. The van der Waals surface area contributed by atoms with Crippen LogP contribution in [0.3, 0.4) is 0 Å². The third-order valence-corrected chi connectivity index (χ3v) is 4.47. The Labute approximate surface area is 110 Å². The Kier molecular flexibility index (Phi) is 5.01. The fraction of sp³-hybridized carbons (Fsp3) is 0.929. The molecule has 4 nitrogen and oxygen atoms in total. The van der Waals surface area contributed by atoms with Gasteiger partial charge in [0.25, 0.3) is 0 Å². The van der Waals surface area contributed by atoms with Gasteiger partial charge in [-0.2, -0.15) is 0 Å². The molecule has 1 N–H and O–H groups in total. The van der Waals surface area contributed by atoms with E-state index in [9.17, 15) is 4.79 Å². The van der Waals surface area contributed by atoms with E-state index in [1.165, 1.54) is 39.3 Å². The zero-order valence-corrected chi connectivity index (χ0v) is 11.7. The number of piperidine rings is 1. The molecule has 0 aromatic carbocycles. The van der Waals surface area contributed by atoms with Crippen LogP contribution in [0.2, 0.25) is 0 Å². The molecule has 0 saturated carbocycles. The summed E-state index contributed by atoms with van der Waals surface area (Å²) >= 11 is 0. The van der Waals surface area contributed by atoms with Crippen molar-refractivity contribution in [2.45, 2.75) is 51.1 Å². The quantitative estimate of drug-likeness (QED) is 0.770. The van der Waals surface area contributed by atoms with Crippen LogP contribution in [0.15, 0.2) is 0 Å². The van der Waals surface area contributed by atoms with Crippen molar-refractivity contribution in [3.05, 3.63) is 0 Å². The fourth-order valence-corrected chi connectivity index (χ4v) is 3.34. The van der Waals surface area contributed by atoms with Crippen LogP contribution in [0.4, 0.5) is 0 Å². The van der Waals surface area contributed by atoms with E-state index in [1.54, 1.807) is 0 Å². The first-order valence-corrected chi connectivity index (χ1v) is 7.25. The van der Waals surface area contributed by atoms with Gasteiger partial charge in [0.05, 0.1) is 13.5 Å². The molecule has 104 valence electrons. The van der Waals surface area contributed by atoms with Crippen LogP contribution < -0.4 is 5.32 Å². The smallest absolute Gasteiger partial charge is 0.307 e. The van der Waals surface area contributed by atoms with Gasteiger partial charge in [-0.15, -0.1) is 0 Å². The molecule has 2 fully saturated rings. The minimum absolute atomic E-state index is 0.0939. The van der Waals surface area contributed by atoms with Gasteiger partial charge in [0.15, 0.2) is 0 Å². The molecular formula is C14H26N2O2. The van der Waals surface area contributed by atoms with E-state index in [1.807, 2.05) is 0 Å². The molecule has 3 atom stereocenters. The topological polar surface area (TPSA) is 41.6 Å². The van der Waals surface area contributed by atoms with Gasteiger partial charge in [-0.1, -0.05) is 0 Å². The predicted molar refractivity (Wildman–Crippen MR) is 71.4 cm³/mol. The number of methoxy groups -OCH3 is 1. The third kappa shape index (κ3) is 3.45. The van der Waals surface area contributed by atoms with Crippen molar-refractivity contribution in [1.29, 1.82) is 0 Å². The van der Waals surface area contributed by atoms with E-state index in [0.717, 1.165) is 19.0 Å². The Morgan fingerprint density at radius 2 is 2.28 bits per heavy atom. The number of nitrogens with zero attached hydrogens (tertiary/aromatic N) is 1. The molecular weight excluding hydrogens is 228 g/mol. The van der Waals surface area contributed by atoms with Crippen molar-refractivity contribution in [3.8, 4) is 0 Å². The number of carbonyl (C=O) groups is 1. The van der Waals surface area contributed by atoms with E-state index in [2.05, 4.69) is 17.1 Å². The van der Waals surface area contributed by atoms with Crippen LogP contribution in [0.25, 0.3) is 0 Å². The van der Waals surface area contributed by atoms with Crippen LogP contribution in [-0.2, 0) is 9.53 Å². The molecule has 0 aromatic rings. The number of nitrogens with one attached hydrogen (secondary N) is 1. The Balaban J connectivity index is 1.83. The lowest BCUT2D eigenvalue weighted by molar-refractivity contribution is -0.142. The molecule has 2 saturated heterocycles. The summed E-state index contributed by atoms with van der Waals surface area (Å²) in [6, 6.07) is 1.01. The molecule has 0 bridgehead atoms. The van der Waals surface area contributed by atoms with Crippen molar-refractivity contribution >= 4 is 5.97 Å². The average molecular weight is 254 g/mol. The van der Waals surface area contributed by atoms with Crippen LogP contribution in [0.5, 0.6) is 0 Å². The molecule has 0 amide bonds. The van der Waals surface area contributed by atoms with Gasteiger partial charge in [-0.05, 0) is 51.6 Å². The van der Waals surface area contributed by atoms with Gasteiger partial charge in [-0.25, -0.2) is 0 Å². The maximum absolute atomic E-state index is 11.3. The normalized spacial score (nSPS) is 31.2. The second kappa shape index (κ2) is 6.53. The number of hydrogen-bond acceptors (Lipinski definition) is 4. The van der Waals surface area contributed by atoms with Crippen molar-refractivity contribution in [2.75, 3.05) is 26.7 Å². The SMILES string of the molecule is COC(=O)CC(C)N1CCCC(C2CCCN2)C1. The van der Waals surface area contributed by atoms with Crippen LogP contribution >= 0.6 is 0 Å². The van der Waals surface area contributed by atoms with Gasteiger partial charge in [0.2, 0.25) is 0 Å². The molecule has 2 rings (SSSR count). The Bertz CT molecular complexity index is 277. The highest BCUT2D eigenvalue weighted by atomic mass is 16.5. The second-order valence-electron chi connectivity index (χ2n) is 5.73. The van der Waals surface area contributed by atoms with Gasteiger partial charge >= 0.3 is 5.97 Å². The van der Waals surface area contributed by atoms with Crippen molar-refractivity contribution in [3.63, 3.8) is 0 Å². The highest BCUT2D eigenvalue weighted by Gasteiger charge is 2.31. The summed E-state index contributed by atoms with van der Waals surface area (Å²) in [5.74, 6) is 0.671. The van der Waals surface area contributed by atoms with Crippen LogP contribution in [-0.4, -0.2) is 49.7 Å². The Morgan fingerprint density at radius 1 is 1.44 bits per heavy atom. The molecule has 2 heterocycles. The lowest BCUT2D eigenvalue weighted by Gasteiger charge is -2.38. The minimum atomic E-state index is -0.0939. The first-order chi connectivity index (χ1) is 8.70. The van der Waals surface area contributed by atoms with E-state index in [0.29, 0.717) is 18.5 Å². The Morgan fingerprint density at radius 3 is 2.94 bits per heavy atom. The van der Waals surface area contributed by atoms with Gasteiger partial charge < -0.3 is 10.1 Å². The van der Waals surface area contributed by atoms with E-state index >= 15 is 0 Å². The fourth-order valence-electron chi connectivity index (χ4n) is 3.34. The minimum Gasteiger partial charge on any atom is -0.469 e. The lowest BCUT2D eigenvalue weighted by Crippen LogP contribution is -2.47. The first-order valence-electron chi connectivity index (χ1n) is 7.25. The molecule has 3 unspecified atom stereocenters. The molecule has 0 radical (unpaired) electrons. The summed E-state index contributed by atoms with van der Waals surface area (Å²) < 4.78 is 4.76. The molecule has 0 spiro atoms. The molecule has 0 aromatic heterocycles. The number of esters is 1. The number of carbonyl (C=O) groups excluding carboxylic acids is 1. The van der Waals surface area contributed by atoms with Gasteiger partial charge in [0, 0.05) is 18.6 Å². The summed E-state index contributed by atoms with van der Waals surface area (Å²) in [6.45, 7) is 5.58. The number of hydrogen-bond donors (Lipinski definition) is 1. The summed E-state index contributed by atoms with van der Waals surface area (Å²) in [5.41, 5.74) is 0. The number of ether oxygens (including phenoxy) is 1. The number of likely N-dealkylation sites (tertiary alicyclic amines) is 1. The van der Waals surface area contributed by atoms with E-state index < -0.39 is 0 Å². The highest BCUT2D eigenvalue weighted by molar-refractivity contribution is 5.69. The van der Waals surface area contributed by atoms with Gasteiger partial charge in [-0.3, -0.25) is 9.69 Å². The standard InChI is InChI=1S/C14H26N2O2/c1-11(9-14(17)18-2)16-8-4-5-12(10-16)13-6-3-7-15-13/h11-13,15H,3-10H2,1-2H3. The second-order valence-corrected chi connectivity index (χ2v) is 5.73. The first kappa shape index (κ1) is 13.8. The summed E-state index contributed by atoms with van der Waals surface area (Å²) in [6.07, 6.45) is 5.75. The van der Waals surface area contributed by atoms with Crippen LogP contribution in [0, 0.1) is 5.92 Å². The van der Waals surface area contributed by atoms with Crippen molar-refractivity contribution < 1.29 is 9.53 Å². The monoisotopic (exact) mass is 254 g/mol. The van der Waals surface area contributed by atoms with Crippen molar-refractivity contribution in [1.82, 2.24) is 10.2 Å². The molecule has 2 aliphatic heterocycles. The highest BCUT2D eigenvalue weighted by Crippen LogP contribution is 2.26. The molecule has 18 heavy (non-hydrogen) atoms. The van der Waals surface area contributed by atoms with E-state index in [-0.39, 0.29) is 5.97 Å². The van der Waals surface area contributed by atoms with Gasteiger partial charge in [0.1, 0.15) is 0 Å². The van der Waals surface area contributed by atoms with Crippen molar-refractivity contribution in [2.24, 2.45) is 5.92 Å². The molecule has 2 aliphatic rings. The zero-order valence-electron chi connectivity index (χ0n) is 11.7. The maximum Gasteiger partial charge on any atom is 0.307 e. The number of rotatable bonds is 4. The molecule has 0 aliphatic carbocycles. The zero-order chi connectivity index (χ0) is 13.0. The summed E-state index contributed by atoms with van der Waals surface area (Å²) in [7, 11) is 1.47. The average Bonchev–Trinajstić information content (AvgIpc) is 2.92. The largest absolute Gasteiger partial charge is 0.469 e. The van der Waals surface area contributed by atoms with E-state index in [4.69, 9.17) is 4.74 Å². The Hall–Kier alpha value is -0.610. The summed E-state index contributed by atoms with van der Waals surface area (Å²) in [4.78, 5) is 13.8.